The Bertz CT molecular complexity index is 354. The van der Waals surface area contributed by atoms with Gasteiger partial charge in [-0.2, -0.15) is 0 Å². The molecule has 2 nitrogen and oxygen atoms in total. The molecule has 1 saturated heterocycles. The summed E-state index contributed by atoms with van der Waals surface area (Å²) in [5.41, 5.74) is 4.31. The standard InChI is InChI=1S/C14H22N2/c1-4-12-7-5-6-11(2)14(12)16(3)13-8-9-15-10-13/h5-7,13,15H,4,8-10H2,1-3H3. The number of rotatable bonds is 3. The molecule has 0 saturated carbocycles. The Hall–Kier alpha value is -1.02. The monoisotopic (exact) mass is 218 g/mol. The van der Waals surface area contributed by atoms with Gasteiger partial charge in [0.15, 0.2) is 0 Å². The Morgan fingerprint density at radius 2 is 2.25 bits per heavy atom. The molecule has 0 amide bonds. The first kappa shape index (κ1) is 11.5. The lowest BCUT2D eigenvalue weighted by Crippen LogP contribution is -2.34. The van der Waals surface area contributed by atoms with Gasteiger partial charge in [0.25, 0.3) is 0 Å². The Morgan fingerprint density at radius 3 is 2.88 bits per heavy atom. The van der Waals surface area contributed by atoms with Gasteiger partial charge in [-0.15, -0.1) is 0 Å². The molecule has 1 aliphatic rings. The Morgan fingerprint density at radius 1 is 1.44 bits per heavy atom. The second-order valence-electron chi connectivity index (χ2n) is 4.69. The highest BCUT2D eigenvalue weighted by molar-refractivity contribution is 5.59. The lowest BCUT2D eigenvalue weighted by molar-refractivity contribution is 0.681. The first-order chi connectivity index (χ1) is 7.74. The summed E-state index contributed by atoms with van der Waals surface area (Å²) >= 11 is 0. The van der Waals surface area contributed by atoms with Crippen LogP contribution in [0, 0.1) is 6.92 Å². The van der Waals surface area contributed by atoms with Crippen LogP contribution in [0.1, 0.15) is 24.5 Å². The molecule has 1 aliphatic heterocycles. The van der Waals surface area contributed by atoms with Crippen molar-refractivity contribution in [1.29, 1.82) is 0 Å². The van der Waals surface area contributed by atoms with Crippen LogP contribution in [0.2, 0.25) is 0 Å². The van der Waals surface area contributed by atoms with Gasteiger partial charge in [0.05, 0.1) is 0 Å². The number of para-hydroxylation sites is 1. The van der Waals surface area contributed by atoms with E-state index in [4.69, 9.17) is 0 Å². The Kier molecular flexibility index (Phi) is 3.49. The smallest absolute Gasteiger partial charge is 0.0428 e. The van der Waals surface area contributed by atoms with Gasteiger partial charge in [-0.25, -0.2) is 0 Å². The van der Waals surface area contributed by atoms with E-state index in [1.165, 1.54) is 23.2 Å². The summed E-state index contributed by atoms with van der Waals surface area (Å²) in [6.45, 7) is 6.72. The number of anilines is 1. The summed E-state index contributed by atoms with van der Waals surface area (Å²) in [6.07, 6.45) is 2.37. The SMILES string of the molecule is CCc1cccc(C)c1N(C)C1CCNC1. The van der Waals surface area contributed by atoms with Gasteiger partial charge >= 0.3 is 0 Å². The molecule has 88 valence electrons. The molecular formula is C14H22N2. The first-order valence-electron chi connectivity index (χ1n) is 6.26. The summed E-state index contributed by atoms with van der Waals surface area (Å²) in [7, 11) is 2.24. The fraction of sp³-hybridized carbons (Fsp3) is 0.571. The molecule has 1 N–H and O–H groups in total. The number of benzene rings is 1. The number of nitrogens with one attached hydrogen (secondary N) is 1. The van der Waals surface area contributed by atoms with Crippen molar-refractivity contribution in [2.75, 3.05) is 25.0 Å². The molecule has 0 spiro atoms. The van der Waals surface area contributed by atoms with Gasteiger partial charge in [0, 0.05) is 25.3 Å². The summed E-state index contributed by atoms with van der Waals surface area (Å²) in [5.74, 6) is 0. The minimum Gasteiger partial charge on any atom is -0.370 e. The van der Waals surface area contributed by atoms with Crippen molar-refractivity contribution in [2.24, 2.45) is 0 Å². The van der Waals surface area contributed by atoms with Crippen molar-refractivity contribution in [3.8, 4) is 0 Å². The van der Waals surface area contributed by atoms with Crippen molar-refractivity contribution in [3.63, 3.8) is 0 Å². The van der Waals surface area contributed by atoms with E-state index in [0.717, 1.165) is 19.5 Å². The molecule has 16 heavy (non-hydrogen) atoms. The van der Waals surface area contributed by atoms with E-state index in [2.05, 4.69) is 49.3 Å². The van der Waals surface area contributed by atoms with E-state index in [0.29, 0.717) is 6.04 Å². The maximum atomic E-state index is 3.44. The van der Waals surface area contributed by atoms with Gasteiger partial charge in [-0.3, -0.25) is 0 Å². The van der Waals surface area contributed by atoms with Crippen molar-refractivity contribution in [2.45, 2.75) is 32.7 Å². The zero-order valence-corrected chi connectivity index (χ0v) is 10.6. The van der Waals surface area contributed by atoms with Crippen LogP contribution in [-0.2, 0) is 6.42 Å². The molecule has 0 radical (unpaired) electrons. The Balaban J connectivity index is 2.30. The molecule has 1 aromatic rings. The summed E-state index contributed by atoms with van der Waals surface area (Å²) < 4.78 is 0. The zero-order valence-electron chi connectivity index (χ0n) is 10.6. The van der Waals surface area contributed by atoms with E-state index >= 15 is 0 Å². The predicted octanol–water partition coefficient (Wildman–Crippen LogP) is 2.36. The average Bonchev–Trinajstić information content (AvgIpc) is 2.81. The molecule has 1 unspecified atom stereocenters. The van der Waals surface area contributed by atoms with Crippen molar-refractivity contribution in [3.05, 3.63) is 29.3 Å². The molecule has 1 heterocycles. The minimum absolute atomic E-state index is 0.659. The predicted molar refractivity (Wildman–Crippen MR) is 70.2 cm³/mol. The van der Waals surface area contributed by atoms with E-state index in [-0.39, 0.29) is 0 Å². The Labute approximate surface area is 98.7 Å². The zero-order chi connectivity index (χ0) is 11.5. The largest absolute Gasteiger partial charge is 0.370 e. The van der Waals surface area contributed by atoms with Gasteiger partial charge < -0.3 is 10.2 Å². The maximum Gasteiger partial charge on any atom is 0.0428 e. The summed E-state index contributed by atoms with van der Waals surface area (Å²) in [4.78, 5) is 2.47. The molecule has 2 rings (SSSR count). The third kappa shape index (κ3) is 2.07. The van der Waals surface area contributed by atoms with Crippen LogP contribution in [-0.4, -0.2) is 26.2 Å². The number of nitrogens with zero attached hydrogens (tertiary/aromatic N) is 1. The van der Waals surface area contributed by atoms with Crippen molar-refractivity contribution < 1.29 is 0 Å². The maximum absolute atomic E-state index is 3.44. The fourth-order valence-corrected chi connectivity index (χ4v) is 2.66. The summed E-state index contributed by atoms with van der Waals surface area (Å²) in [6, 6.07) is 7.29. The normalized spacial score (nSPS) is 20.1. The highest BCUT2D eigenvalue weighted by Gasteiger charge is 2.21. The summed E-state index contributed by atoms with van der Waals surface area (Å²) in [5, 5.41) is 3.44. The van der Waals surface area contributed by atoms with Gasteiger partial charge in [-0.05, 0) is 37.4 Å². The van der Waals surface area contributed by atoms with E-state index < -0.39 is 0 Å². The second-order valence-corrected chi connectivity index (χ2v) is 4.69. The number of likely N-dealkylation sites (N-methyl/N-ethyl adjacent to an activating group) is 1. The third-order valence-electron chi connectivity index (χ3n) is 3.64. The van der Waals surface area contributed by atoms with Crippen LogP contribution in [0.25, 0.3) is 0 Å². The fourth-order valence-electron chi connectivity index (χ4n) is 2.66. The van der Waals surface area contributed by atoms with Crippen LogP contribution in [0.3, 0.4) is 0 Å². The number of hydrogen-bond donors (Lipinski definition) is 1. The van der Waals surface area contributed by atoms with Gasteiger partial charge in [0.1, 0.15) is 0 Å². The van der Waals surface area contributed by atoms with Gasteiger partial charge in [0.2, 0.25) is 0 Å². The molecule has 2 heteroatoms. The molecule has 0 aromatic heterocycles. The average molecular weight is 218 g/mol. The first-order valence-corrected chi connectivity index (χ1v) is 6.26. The van der Waals surface area contributed by atoms with E-state index in [9.17, 15) is 0 Å². The lowest BCUT2D eigenvalue weighted by atomic mass is 10.0. The van der Waals surface area contributed by atoms with Crippen molar-refractivity contribution >= 4 is 5.69 Å². The highest BCUT2D eigenvalue weighted by Crippen LogP contribution is 2.27. The molecule has 1 aromatic carbocycles. The minimum atomic E-state index is 0.659. The number of hydrogen-bond acceptors (Lipinski definition) is 2. The van der Waals surface area contributed by atoms with Crippen LogP contribution >= 0.6 is 0 Å². The molecule has 0 aliphatic carbocycles. The number of aryl methyl sites for hydroxylation is 2. The van der Waals surface area contributed by atoms with Crippen LogP contribution in [0.4, 0.5) is 5.69 Å². The molecular weight excluding hydrogens is 196 g/mol. The van der Waals surface area contributed by atoms with Crippen LogP contribution in [0.5, 0.6) is 0 Å². The highest BCUT2D eigenvalue weighted by atomic mass is 15.2. The quantitative estimate of drug-likeness (QED) is 0.838. The van der Waals surface area contributed by atoms with E-state index in [1.54, 1.807) is 0 Å². The molecule has 0 bridgehead atoms. The van der Waals surface area contributed by atoms with Crippen molar-refractivity contribution in [1.82, 2.24) is 5.32 Å². The second kappa shape index (κ2) is 4.88. The topological polar surface area (TPSA) is 15.3 Å². The molecule has 1 fully saturated rings. The van der Waals surface area contributed by atoms with Crippen LogP contribution < -0.4 is 10.2 Å². The van der Waals surface area contributed by atoms with Gasteiger partial charge in [-0.1, -0.05) is 25.1 Å². The van der Waals surface area contributed by atoms with Crippen LogP contribution in [0.15, 0.2) is 18.2 Å². The third-order valence-corrected chi connectivity index (χ3v) is 3.64. The molecule has 1 atom stereocenters. The lowest BCUT2D eigenvalue weighted by Gasteiger charge is -2.29. The van der Waals surface area contributed by atoms with E-state index in [1.807, 2.05) is 0 Å².